The molecule has 1 atom stereocenters. The normalized spacial score (nSPS) is 13.4. The van der Waals surface area contributed by atoms with Crippen LogP contribution in [0.5, 0.6) is 0 Å². The van der Waals surface area contributed by atoms with Gasteiger partial charge in [0.15, 0.2) is 0 Å². The third kappa shape index (κ3) is 7.67. The van der Waals surface area contributed by atoms with E-state index in [2.05, 4.69) is 37.9 Å². The van der Waals surface area contributed by atoms with Crippen LogP contribution in [-0.4, -0.2) is 43.0 Å². The Morgan fingerprint density at radius 3 is 2.22 bits per heavy atom. The van der Waals surface area contributed by atoms with Gasteiger partial charge in [0.05, 0.1) is 6.04 Å². The monoisotopic (exact) mass is 257 g/mol. The highest BCUT2D eigenvalue weighted by atomic mass is 16.2. The molecule has 0 radical (unpaired) electrons. The number of nitrogens with two attached hydrogens (primary N) is 1. The summed E-state index contributed by atoms with van der Waals surface area (Å²) in [6.45, 7) is 13.8. The lowest BCUT2D eigenvalue weighted by Gasteiger charge is -2.29. The van der Waals surface area contributed by atoms with E-state index in [-0.39, 0.29) is 11.9 Å². The van der Waals surface area contributed by atoms with Gasteiger partial charge in [0, 0.05) is 19.6 Å². The molecule has 0 aliphatic rings. The Morgan fingerprint density at radius 2 is 1.78 bits per heavy atom. The number of carbonyl (C=O) groups is 1. The first kappa shape index (κ1) is 17.4. The van der Waals surface area contributed by atoms with Crippen LogP contribution in [0.25, 0.3) is 0 Å². The van der Waals surface area contributed by atoms with E-state index in [1.54, 1.807) is 0 Å². The van der Waals surface area contributed by atoms with E-state index in [9.17, 15) is 4.79 Å². The molecule has 0 fully saturated rings. The average molecular weight is 257 g/mol. The van der Waals surface area contributed by atoms with Crippen LogP contribution in [0.2, 0.25) is 0 Å². The van der Waals surface area contributed by atoms with Crippen molar-refractivity contribution in [1.82, 2.24) is 10.2 Å². The summed E-state index contributed by atoms with van der Waals surface area (Å²) < 4.78 is 0. The summed E-state index contributed by atoms with van der Waals surface area (Å²) in [5.41, 5.74) is 5.56. The molecule has 0 heterocycles. The van der Waals surface area contributed by atoms with E-state index >= 15 is 0 Å². The Bertz CT molecular complexity index is 229. The Labute approximate surface area is 112 Å². The Balaban J connectivity index is 4.32. The summed E-state index contributed by atoms with van der Waals surface area (Å²) in [6.07, 6.45) is 0.939. The van der Waals surface area contributed by atoms with E-state index in [0.717, 1.165) is 26.1 Å². The number of nitrogens with zero attached hydrogens (tertiary/aromatic N) is 1. The van der Waals surface area contributed by atoms with Crippen molar-refractivity contribution >= 4 is 5.91 Å². The van der Waals surface area contributed by atoms with Gasteiger partial charge in [-0.1, -0.05) is 27.7 Å². The van der Waals surface area contributed by atoms with Crippen molar-refractivity contribution in [1.29, 1.82) is 0 Å². The van der Waals surface area contributed by atoms with E-state index in [0.29, 0.717) is 18.4 Å². The van der Waals surface area contributed by atoms with Gasteiger partial charge in [0.25, 0.3) is 0 Å². The van der Waals surface area contributed by atoms with Crippen LogP contribution in [0.4, 0.5) is 0 Å². The summed E-state index contributed by atoms with van der Waals surface area (Å²) in [4.78, 5) is 14.3. The maximum absolute atomic E-state index is 12.0. The molecule has 0 aliphatic heterocycles. The van der Waals surface area contributed by atoms with Crippen LogP contribution in [0.1, 0.15) is 41.0 Å². The van der Waals surface area contributed by atoms with E-state index < -0.39 is 0 Å². The molecular weight excluding hydrogens is 226 g/mol. The molecule has 4 heteroatoms. The predicted molar refractivity (Wildman–Crippen MR) is 77.4 cm³/mol. The molecule has 1 amide bonds. The van der Waals surface area contributed by atoms with Crippen molar-refractivity contribution in [3.05, 3.63) is 0 Å². The third-order valence-electron chi connectivity index (χ3n) is 2.86. The first-order valence-corrected chi connectivity index (χ1v) is 7.10. The smallest absolute Gasteiger partial charge is 0.237 e. The van der Waals surface area contributed by atoms with E-state index in [1.807, 2.05) is 6.92 Å². The molecule has 0 aromatic heterocycles. The molecule has 3 N–H and O–H groups in total. The SMILES string of the molecule is CC(C)CNC(=O)C(C)N(CCCN)CC(C)C. The second-order valence-electron chi connectivity index (χ2n) is 5.85. The number of hydrogen-bond donors (Lipinski definition) is 2. The maximum atomic E-state index is 12.0. The lowest BCUT2D eigenvalue weighted by molar-refractivity contribution is -0.126. The fourth-order valence-corrected chi connectivity index (χ4v) is 1.82. The standard InChI is InChI=1S/C14H31N3O/c1-11(2)9-16-14(18)13(5)17(8-6-7-15)10-12(3)4/h11-13H,6-10,15H2,1-5H3,(H,16,18). The van der Waals surface area contributed by atoms with E-state index in [4.69, 9.17) is 5.73 Å². The minimum atomic E-state index is -0.0716. The molecule has 4 nitrogen and oxygen atoms in total. The number of rotatable bonds is 9. The summed E-state index contributed by atoms with van der Waals surface area (Å²) in [5, 5.41) is 3.00. The molecule has 0 rings (SSSR count). The quantitative estimate of drug-likeness (QED) is 0.657. The Morgan fingerprint density at radius 1 is 1.17 bits per heavy atom. The first-order chi connectivity index (χ1) is 8.38. The molecule has 0 aliphatic carbocycles. The minimum Gasteiger partial charge on any atom is -0.354 e. The molecule has 0 bridgehead atoms. The van der Waals surface area contributed by atoms with Crippen molar-refractivity contribution in [2.45, 2.75) is 47.1 Å². The highest BCUT2D eigenvalue weighted by molar-refractivity contribution is 5.81. The Hall–Kier alpha value is -0.610. The lowest BCUT2D eigenvalue weighted by Crippen LogP contribution is -2.47. The highest BCUT2D eigenvalue weighted by Crippen LogP contribution is 2.06. The van der Waals surface area contributed by atoms with Crippen LogP contribution < -0.4 is 11.1 Å². The maximum Gasteiger partial charge on any atom is 0.237 e. The lowest BCUT2D eigenvalue weighted by atomic mass is 10.1. The summed E-state index contributed by atoms with van der Waals surface area (Å²) >= 11 is 0. The van der Waals surface area contributed by atoms with Gasteiger partial charge in [-0.25, -0.2) is 0 Å². The van der Waals surface area contributed by atoms with Gasteiger partial charge in [-0.2, -0.15) is 0 Å². The number of hydrogen-bond acceptors (Lipinski definition) is 3. The fraction of sp³-hybridized carbons (Fsp3) is 0.929. The van der Waals surface area contributed by atoms with Crippen LogP contribution in [0, 0.1) is 11.8 Å². The van der Waals surface area contributed by atoms with Gasteiger partial charge >= 0.3 is 0 Å². The van der Waals surface area contributed by atoms with Gasteiger partial charge in [-0.3, -0.25) is 9.69 Å². The zero-order valence-electron chi connectivity index (χ0n) is 12.7. The molecule has 1 unspecified atom stereocenters. The number of carbonyl (C=O) groups excluding carboxylic acids is 1. The largest absolute Gasteiger partial charge is 0.354 e. The van der Waals surface area contributed by atoms with Crippen molar-refractivity contribution < 1.29 is 4.79 Å². The fourth-order valence-electron chi connectivity index (χ4n) is 1.82. The van der Waals surface area contributed by atoms with Gasteiger partial charge in [-0.05, 0) is 31.7 Å². The first-order valence-electron chi connectivity index (χ1n) is 7.10. The molecule has 0 spiro atoms. The van der Waals surface area contributed by atoms with Crippen LogP contribution >= 0.6 is 0 Å². The molecule has 0 aromatic carbocycles. The second-order valence-corrected chi connectivity index (χ2v) is 5.85. The average Bonchev–Trinajstić information content (AvgIpc) is 2.29. The van der Waals surface area contributed by atoms with E-state index in [1.165, 1.54) is 0 Å². The zero-order valence-corrected chi connectivity index (χ0v) is 12.7. The van der Waals surface area contributed by atoms with Gasteiger partial charge < -0.3 is 11.1 Å². The van der Waals surface area contributed by atoms with Crippen molar-refractivity contribution in [3.63, 3.8) is 0 Å². The van der Waals surface area contributed by atoms with Crippen molar-refractivity contribution in [2.75, 3.05) is 26.2 Å². The van der Waals surface area contributed by atoms with Crippen molar-refractivity contribution in [3.8, 4) is 0 Å². The number of nitrogens with one attached hydrogen (secondary N) is 1. The van der Waals surface area contributed by atoms with Gasteiger partial charge in [-0.15, -0.1) is 0 Å². The zero-order chi connectivity index (χ0) is 14.1. The van der Waals surface area contributed by atoms with Crippen LogP contribution in [-0.2, 0) is 4.79 Å². The van der Waals surface area contributed by atoms with Gasteiger partial charge in [0.2, 0.25) is 5.91 Å². The minimum absolute atomic E-state index is 0.0716. The summed E-state index contributed by atoms with van der Waals surface area (Å²) in [7, 11) is 0. The van der Waals surface area contributed by atoms with Crippen LogP contribution in [0.3, 0.4) is 0 Å². The molecule has 108 valence electrons. The van der Waals surface area contributed by atoms with Gasteiger partial charge in [0.1, 0.15) is 0 Å². The Kier molecular flexibility index (Phi) is 9.02. The molecule has 0 saturated carbocycles. The molecular formula is C14H31N3O. The topological polar surface area (TPSA) is 58.4 Å². The molecule has 0 saturated heterocycles. The highest BCUT2D eigenvalue weighted by Gasteiger charge is 2.21. The third-order valence-corrected chi connectivity index (χ3v) is 2.86. The predicted octanol–water partition coefficient (Wildman–Crippen LogP) is 1.45. The summed E-state index contributed by atoms with van der Waals surface area (Å²) in [6, 6.07) is -0.0716. The van der Waals surface area contributed by atoms with Crippen LogP contribution in [0.15, 0.2) is 0 Å². The summed E-state index contributed by atoms with van der Waals surface area (Å²) in [5.74, 6) is 1.17. The number of amides is 1. The molecule has 0 aromatic rings. The van der Waals surface area contributed by atoms with Crippen molar-refractivity contribution in [2.24, 2.45) is 17.6 Å². The molecule has 18 heavy (non-hydrogen) atoms. The second kappa shape index (κ2) is 9.34.